The maximum atomic E-state index is 10.8. The molecule has 0 atom stereocenters. The van der Waals surface area contributed by atoms with E-state index in [4.69, 9.17) is 21.4 Å². The average molecular weight is 426 g/mol. The Kier molecular flexibility index (Phi) is 6.16. The summed E-state index contributed by atoms with van der Waals surface area (Å²) in [6.45, 7) is 5.33. The molecule has 0 bridgehead atoms. The minimum atomic E-state index is -0.729. The predicted octanol–water partition coefficient (Wildman–Crippen LogP) is 5.27. The molecule has 158 valence electrons. The van der Waals surface area contributed by atoms with Crippen LogP contribution in [-0.4, -0.2) is 42.2 Å². The fourth-order valence-electron chi connectivity index (χ4n) is 4.49. The van der Waals surface area contributed by atoms with Gasteiger partial charge in [-0.2, -0.15) is 0 Å². The van der Waals surface area contributed by atoms with Gasteiger partial charge in [0, 0.05) is 22.5 Å². The highest BCUT2D eigenvalue weighted by atomic mass is 35.5. The van der Waals surface area contributed by atoms with E-state index < -0.39 is 5.97 Å². The molecule has 2 aliphatic rings. The molecule has 0 unspecified atom stereocenters. The molecule has 0 radical (unpaired) electrons. The summed E-state index contributed by atoms with van der Waals surface area (Å²) >= 11 is 6.35. The number of aryl methyl sites for hydroxylation is 1. The van der Waals surface area contributed by atoms with Gasteiger partial charge in [0.05, 0.1) is 13.0 Å². The molecule has 4 nitrogen and oxygen atoms in total. The Morgan fingerprint density at radius 2 is 2.00 bits per heavy atom. The van der Waals surface area contributed by atoms with Crippen molar-refractivity contribution in [1.82, 2.24) is 4.90 Å². The number of hydrogen-bond donors (Lipinski definition) is 1. The molecule has 0 aliphatic carbocycles. The molecule has 1 spiro atoms. The molecule has 2 aliphatic heterocycles. The Morgan fingerprint density at radius 1 is 1.20 bits per heavy atom. The first-order chi connectivity index (χ1) is 14.5. The van der Waals surface area contributed by atoms with Crippen LogP contribution < -0.4 is 4.74 Å². The molecular formula is C25H28ClNO3. The highest BCUT2D eigenvalue weighted by Gasteiger charge is 2.42. The maximum absolute atomic E-state index is 10.8. The second-order valence-corrected chi connectivity index (χ2v) is 8.76. The van der Waals surface area contributed by atoms with E-state index in [2.05, 4.69) is 54.3 Å². The molecule has 0 aromatic heterocycles. The quantitative estimate of drug-likeness (QED) is 0.640. The summed E-state index contributed by atoms with van der Waals surface area (Å²) in [5.41, 5.74) is 4.76. The number of likely N-dealkylation sites (tertiary alicyclic amines) is 1. The Labute approximate surface area is 183 Å². The number of nitrogens with zero attached hydrogens (tertiary/aromatic N) is 1. The van der Waals surface area contributed by atoms with Gasteiger partial charge in [0.15, 0.2) is 0 Å². The maximum Gasteiger partial charge on any atom is 0.304 e. The normalized spacial score (nSPS) is 17.9. The van der Waals surface area contributed by atoms with Gasteiger partial charge in [-0.25, -0.2) is 0 Å². The Bertz CT molecular complexity index is 961. The summed E-state index contributed by atoms with van der Waals surface area (Å²) in [6, 6.07) is 12.6. The topological polar surface area (TPSA) is 49.8 Å². The molecule has 30 heavy (non-hydrogen) atoms. The lowest BCUT2D eigenvalue weighted by Crippen LogP contribution is -2.44. The lowest BCUT2D eigenvalue weighted by atomic mass is 9.74. The molecule has 1 N–H and O–H groups in total. The van der Waals surface area contributed by atoms with Gasteiger partial charge in [-0.15, -0.1) is 0 Å². The number of benzene rings is 2. The van der Waals surface area contributed by atoms with Crippen molar-refractivity contribution in [3.05, 3.63) is 63.7 Å². The van der Waals surface area contributed by atoms with E-state index in [1.165, 1.54) is 11.1 Å². The number of carboxylic acid groups (broad SMARTS) is 1. The standard InChI is InChI=1S/C25H28ClNO3/c1-2-18-5-8-22(26)20(15-18)6-3-19-4-7-21-23(16-19)30-17-25(21)10-13-27(14-11-25)12-9-24(28)29/h3-8,15-16H,2,9-14,17H2,1H3,(H,28,29). The molecule has 4 rings (SSSR count). The smallest absolute Gasteiger partial charge is 0.304 e. The number of rotatable bonds is 6. The number of ether oxygens (including phenoxy) is 1. The lowest BCUT2D eigenvalue weighted by molar-refractivity contribution is -0.137. The van der Waals surface area contributed by atoms with Crippen molar-refractivity contribution in [2.45, 2.75) is 38.0 Å². The van der Waals surface area contributed by atoms with Gasteiger partial charge in [-0.05, 0) is 61.2 Å². The number of carbonyl (C=O) groups is 1. The van der Waals surface area contributed by atoms with Gasteiger partial charge >= 0.3 is 5.97 Å². The molecule has 2 aromatic carbocycles. The third-order valence-corrected chi connectivity index (χ3v) is 6.80. The first-order valence-electron chi connectivity index (χ1n) is 10.7. The molecule has 2 heterocycles. The lowest BCUT2D eigenvalue weighted by Gasteiger charge is -2.38. The second-order valence-electron chi connectivity index (χ2n) is 8.35. The van der Waals surface area contributed by atoms with Crippen LogP contribution in [0, 0.1) is 0 Å². The van der Waals surface area contributed by atoms with Crippen molar-refractivity contribution in [2.24, 2.45) is 0 Å². The van der Waals surface area contributed by atoms with Crippen molar-refractivity contribution in [3.63, 3.8) is 0 Å². The van der Waals surface area contributed by atoms with Crippen LogP contribution in [0.2, 0.25) is 5.02 Å². The average Bonchev–Trinajstić information content (AvgIpc) is 3.10. The molecule has 5 heteroatoms. The van der Waals surface area contributed by atoms with E-state index in [0.29, 0.717) is 13.2 Å². The summed E-state index contributed by atoms with van der Waals surface area (Å²) in [4.78, 5) is 13.1. The predicted molar refractivity (Wildman–Crippen MR) is 121 cm³/mol. The van der Waals surface area contributed by atoms with Crippen LogP contribution in [0.1, 0.15) is 48.4 Å². The molecule has 0 amide bonds. The fraction of sp³-hybridized carbons (Fsp3) is 0.400. The zero-order chi connectivity index (χ0) is 21.1. The van der Waals surface area contributed by atoms with Crippen LogP contribution in [0.3, 0.4) is 0 Å². The van der Waals surface area contributed by atoms with Crippen LogP contribution in [0.5, 0.6) is 5.75 Å². The molecule has 2 aromatic rings. The van der Waals surface area contributed by atoms with Crippen LogP contribution in [0.25, 0.3) is 12.2 Å². The number of aliphatic carboxylic acids is 1. The zero-order valence-electron chi connectivity index (χ0n) is 17.4. The van der Waals surface area contributed by atoms with Crippen molar-refractivity contribution in [1.29, 1.82) is 0 Å². The van der Waals surface area contributed by atoms with Crippen LogP contribution in [0.15, 0.2) is 36.4 Å². The van der Waals surface area contributed by atoms with E-state index in [9.17, 15) is 4.79 Å². The number of carboxylic acids is 1. The van der Waals surface area contributed by atoms with E-state index >= 15 is 0 Å². The molecule has 0 saturated carbocycles. The zero-order valence-corrected chi connectivity index (χ0v) is 18.1. The minimum absolute atomic E-state index is 0.0655. The Morgan fingerprint density at radius 3 is 2.73 bits per heavy atom. The fourth-order valence-corrected chi connectivity index (χ4v) is 4.67. The second kappa shape index (κ2) is 8.83. The van der Waals surface area contributed by atoms with E-state index in [1.807, 2.05) is 6.07 Å². The first kappa shape index (κ1) is 21.0. The molecule has 1 saturated heterocycles. The van der Waals surface area contributed by atoms with Crippen molar-refractivity contribution in [2.75, 3.05) is 26.2 Å². The summed E-state index contributed by atoms with van der Waals surface area (Å²) < 4.78 is 6.11. The molecular weight excluding hydrogens is 398 g/mol. The number of hydrogen-bond acceptors (Lipinski definition) is 3. The van der Waals surface area contributed by atoms with Crippen LogP contribution >= 0.6 is 11.6 Å². The monoisotopic (exact) mass is 425 g/mol. The third-order valence-electron chi connectivity index (χ3n) is 6.46. The van der Waals surface area contributed by atoms with Gasteiger partial charge in [0.2, 0.25) is 0 Å². The largest absolute Gasteiger partial charge is 0.492 e. The number of piperidine rings is 1. The van der Waals surface area contributed by atoms with Crippen molar-refractivity contribution in [3.8, 4) is 5.75 Å². The van der Waals surface area contributed by atoms with Crippen LogP contribution in [0.4, 0.5) is 0 Å². The number of halogens is 1. The summed E-state index contributed by atoms with van der Waals surface area (Å²) in [7, 11) is 0. The van der Waals surface area contributed by atoms with Crippen molar-refractivity contribution < 1.29 is 14.6 Å². The van der Waals surface area contributed by atoms with Gasteiger partial charge in [0.25, 0.3) is 0 Å². The van der Waals surface area contributed by atoms with Gasteiger partial charge < -0.3 is 14.7 Å². The third kappa shape index (κ3) is 4.40. The van der Waals surface area contributed by atoms with E-state index in [-0.39, 0.29) is 11.8 Å². The summed E-state index contributed by atoms with van der Waals surface area (Å²) in [6.07, 6.45) is 7.36. The van der Waals surface area contributed by atoms with E-state index in [0.717, 1.165) is 54.3 Å². The SMILES string of the molecule is CCc1ccc(Cl)c(C=Cc2ccc3c(c2)OCC32CCN(CCC(=O)O)CC2)c1. The van der Waals surface area contributed by atoms with Crippen LogP contribution in [-0.2, 0) is 16.6 Å². The first-order valence-corrected chi connectivity index (χ1v) is 11.0. The highest BCUT2D eigenvalue weighted by Crippen LogP contribution is 2.46. The summed E-state index contributed by atoms with van der Waals surface area (Å²) in [5.74, 6) is 0.248. The van der Waals surface area contributed by atoms with E-state index in [1.54, 1.807) is 0 Å². The van der Waals surface area contributed by atoms with Gasteiger partial charge in [0.1, 0.15) is 5.75 Å². The van der Waals surface area contributed by atoms with Crippen molar-refractivity contribution >= 4 is 29.7 Å². The molecule has 1 fully saturated rings. The van der Waals surface area contributed by atoms with Gasteiger partial charge in [-0.1, -0.05) is 54.9 Å². The summed E-state index contributed by atoms with van der Waals surface area (Å²) in [5, 5.41) is 9.66. The van der Waals surface area contributed by atoms with Gasteiger partial charge in [-0.3, -0.25) is 4.79 Å². The highest BCUT2D eigenvalue weighted by molar-refractivity contribution is 6.32. The minimum Gasteiger partial charge on any atom is -0.492 e. The Balaban J connectivity index is 1.46. The Hall–Kier alpha value is -2.30. The number of fused-ring (bicyclic) bond motifs is 2.